The predicted molar refractivity (Wildman–Crippen MR) is 127 cm³/mol. The smallest absolute Gasteiger partial charge is 0.274 e. The molecule has 1 aliphatic heterocycles. The van der Waals surface area contributed by atoms with E-state index in [2.05, 4.69) is 15.3 Å². The van der Waals surface area contributed by atoms with Gasteiger partial charge in [0.2, 0.25) is 0 Å². The van der Waals surface area contributed by atoms with Crippen LogP contribution in [-0.2, 0) is 5.54 Å². The van der Waals surface area contributed by atoms with E-state index in [9.17, 15) is 4.79 Å². The lowest BCUT2D eigenvalue weighted by Crippen LogP contribution is -2.43. The minimum atomic E-state index is -0.661. The highest BCUT2D eigenvalue weighted by molar-refractivity contribution is 8.13. The Bertz CT molecular complexity index is 1170. The van der Waals surface area contributed by atoms with Crippen molar-refractivity contribution >= 4 is 39.9 Å². The van der Waals surface area contributed by atoms with Gasteiger partial charge in [-0.2, -0.15) is 0 Å². The van der Waals surface area contributed by atoms with Gasteiger partial charge < -0.3 is 11.1 Å². The summed E-state index contributed by atoms with van der Waals surface area (Å²) in [6, 6.07) is 8.16. The molecule has 0 radical (unpaired) electrons. The number of fused-ring (bicyclic) bond motifs is 1. The molecule has 0 bridgehead atoms. The van der Waals surface area contributed by atoms with Gasteiger partial charge in [-0.05, 0) is 49.1 Å². The Morgan fingerprint density at radius 3 is 2.91 bits per heavy atom. The first-order chi connectivity index (χ1) is 15.5. The molecule has 5 rings (SSSR count). The zero-order chi connectivity index (χ0) is 22.1. The van der Waals surface area contributed by atoms with E-state index in [1.807, 2.05) is 11.4 Å². The number of hydrogen-bond donors (Lipinski definition) is 2. The largest absolute Gasteiger partial charge is 0.379 e. The minimum Gasteiger partial charge on any atom is -0.379 e. The molecular weight excluding hydrogens is 445 g/mol. The van der Waals surface area contributed by atoms with Crippen LogP contribution in [0.4, 0.5) is 10.1 Å². The Balaban J connectivity index is 1.41. The van der Waals surface area contributed by atoms with Gasteiger partial charge in [-0.25, -0.2) is 9.37 Å². The second-order valence-corrected chi connectivity index (χ2v) is 9.98. The maximum Gasteiger partial charge on any atom is 0.274 e. The fourth-order valence-corrected chi connectivity index (χ4v) is 6.25. The van der Waals surface area contributed by atoms with Crippen molar-refractivity contribution in [2.45, 2.75) is 31.2 Å². The number of nitrogens with one attached hydrogen (secondary N) is 1. The molecule has 0 unspecified atom stereocenters. The van der Waals surface area contributed by atoms with Crippen molar-refractivity contribution in [1.29, 1.82) is 0 Å². The van der Waals surface area contributed by atoms with Crippen molar-refractivity contribution in [3.8, 4) is 10.6 Å². The van der Waals surface area contributed by atoms with E-state index in [4.69, 9.17) is 10.7 Å². The van der Waals surface area contributed by atoms with E-state index in [1.165, 1.54) is 29.2 Å². The number of amidine groups is 1. The standard InChI is InChI=1S/C23H22FN5OS2/c24-18-6-5-16(11-17(18)23-8-2-1-3-15(23)13-32-22(25)29-23)28-20(30)19-7-4-14(12-27-19)21-26-9-10-31-21/h4-7,9-12,15H,1-3,8,13H2,(H2,25,29)(H,28,30)/t15-,23-/m0/s1. The van der Waals surface area contributed by atoms with Crippen LogP contribution >= 0.6 is 23.1 Å². The Morgan fingerprint density at radius 1 is 1.22 bits per heavy atom. The highest BCUT2D eigenvalue weighted by atomic mass is 32.2. The van der Waals surface area contributed by atoms with Crippen molar-refractivity contribution in [2.24, 2.45) is 16.6 Å². The van der Waals surface area contributed by atoms with Crippen molar-refractivity contribution in [2.75, 3.05) is 11.1 Å². The van der Waals surface area contributed by atoms with Crippen LogP contribution in [0.25, 0.3) is 10.6 Å². The molecule has 2 aromatic heterocycles. The van der Waals surface area contributed by atoms with Crippen LogP contribution in [-0.4, -0.2) is 26.8 Å². The third-order valence-electron chi connectivity index (χ3n) is 6.14. The topological polar surface area (TPSA) is 93.3 Å². The molecule has 2 atom stereocenters. The number of thiazole rings is 1. The van der Waals surface area contributed by atoms with Crippen molar-refractivity contribution in [1.82, 2.24) is 9.97 Å². The monoisotopic (exact) mass is 467 g/mol. The normalized spacial score (nSPS) is 22.7. The van der Waals surface area contributed by atoms with E-state index >= 15 is 4.39 Å². The van der Waals surface area contributed by atoms with E-state index < -0.39 is 5.54 Å². The van der Waals surface area contributed by atoms with Gasteiger partial charge in [-0.1, -0.05) is 24.6 Å². The van der Waals surface area contributed by atoms with Crippen molar-refractivity contribution in [3.05, 3.63) is 65.2 Å². The van der Waals surface area contributed by atoms with Gasteiger partial charge in [-0.15, -0.1) is 11.3 Å². The lowest BCUT2D eigenvalue weighted by molar-refractivity contribution is 0.102. The first-order valence-corrected chi connectivity index (χ1v) is 12.4. The predicted octanol–water partition coefficient (Wildman–Crippen LogP) is 5.04. The van der Waals surface area contributed by atoms with Crippen molar-refractivity contribution < 1.29 is 9.18 Å². The van der Waals surface area contributed by atoms with Gasteiger partial charge in [0.15, 0.2) is 5.17 Å². The van der Waals surface area contributed by atoms with E-state index in [-0.39, 0.29) is 23.3 Å². The molecule has 164 valence electrons. The summed E-state index contributed by atoms with van der Waals surface area (Å²) in [6.07, 6.45) is 7.20. The van der Waals surface area contributed by atoms with Crippen LogP contribution in [0.3, 0.4) is 0 Å². The Kier molecular flexibility index (Phi) is 5.69. The number of anilines is 1. The molecule has 1 aromatic carbocycles. The molecule has 0 saturated heterocycles. The molecular formula is C23H22FN5OS2. The molecule has 1 fully saturated rings. The first-order valence-electron chi connectivity index (χ1n) is 10.5. The van der Waals surface area contributed by atoms with Crippen LogP contribution in [0.2, 0.25) is 0 Å². The molecule has 1 saturated carbocycles. The Morgan fingerprint density at radius 2 is 2.12 bits per heavy atom. The summed E-state index contributed by atoms with van der Waals surface area (Å²) in [7, 11) is 0. The number of aliphatic imine (C=N–C) groups is 1. The lowest BCUT2D eigenvalue weighted by atomic mass is 9.69. The third-order valence-corrected chi connectivity index (χ3v) is 7.92. The number of nitrogens with zero attached hydrogens (tertiary/aromatic N) is 3. The molecule has 2 aliphatic rings. The third kappa shape index (κ3) is 3.91. The number of benzene rings is 1. The maximum atomic E-state index is 15.0. The van der Waals surface area contributed by atoms with Crippen LogP contribution in [0.5, 0.6) is 0 Å². The van der Waals surface area contributed by atoms with Crippen LogP contribution < -0.4 is 11.1 Å². The Hall–Kier alpha value is -2.78. The number of carbonyl (C=O) groups excluding carboxylic acids is 1. The summed E-state index contributed by atoms with van der Waals surface area (Å²) < 4.78 is 15.0. The van der Waals surface area contributed by atoms with Gasteiger partial charge in [0.1, 0.15) is 16.5 Å². The first kappa shape index (κ1) is 21.1. The average molecular weight is 468 g/mol. The summed E-state index contributed by atoms with van der Waals surface area (Å²) in [6.45, 7) is 0. The minimum absolute atomic E-state index is 0.231. The number of aromatic nitrogens is 2. The number of nitrogens with two attached hydrogens (primary N) is 1. The van der Waals surface area contributed by atoms with Crippen LogP contribution in [0.1, 0.15) is 41.7 Å². The summed E-state index contributed by atoms with van der Waals surface area (Å²) in [4.78, 5) is 26.1. The van der Waals surface area contributed by atoms with Gasteiger partial charge in [0, 0.05) is 40.3 Å². The van der Waals surface area contributed by atoms with Gasteiger partial charge >= 0.3 is 0 Å². The van der Waals surface area contributed by atoms with Crippen molar-refractivity contribution in [3.63, 3.8) is 0 Å². The SMILES string of the molecule is NC1=N[C@@]2(c3cc(NC(=O)c4ccc(-c5nccs5)cn4)ccc3F)CCCC[C@H]2CS1. The quantitative estimate of drug-likeness (QED) is 0.560. The molecule has 6 nitrogen and oxygen atoms in total. The summed E-state index contributed by atoms with van der Waals surface area (Å²) in [5.74, 6) is 0.396. The molecule has 3 aromatic rings. The number of amides is 1. The number of hydrogen-bond acceptors (Lipinski definition) is 7. The van der Waals surface area contributed by atoms with Gasteiger partial charge in [0.05, 0.1) is 5.54 Å². The molecule has 1 aliphatic carbocycles. The van der Waals surface area contributed by atoms with Gasteiger partial charge in [0.25, 0.3) is 5.91 Å². The zero-order valence-corrected chi connectivity index (χ0v) is 18.9. The van der Waals surface area contributed by atoms with Crippen LogP contribution in [0, 0.1) is 11.7 Å². The number of pyridine rings is 1. The molecule has 0 spiro atoms. The lowest BCUT2D eigenvalue weighted by Gasteiger charge is -2.44. The molecule has 3 N–H and O–H groups in total. The summed E-state index contributed by atoms with van der Waals surface area (Å²) >= 11 is 3.05. The molecule has 9 heteroatoms. The van der Waals surface area contributed by atoms with E-state index in [1.54, 1.807) is 30.6 Å². The van der Waals surface area contributed by atoms with E-state index in [0.29, 0.717) is 16.4 Å². The number of carbonyl (C=O) groups is 1. The number of rotatable bonds is 4. The Labute approximate surface area is 193 Å². The second kappa shape index (κ2) is 8.63. The highest BCUT2D eigenvalue weighted by Gasteiger charge is 2.46. The van der Waals surface area contributed by atoms with E-state index in [0.717, 1.165) is 42.0 Å². The highest BCUT2D eigenvalue weighted by Crippen LogP contribution is 2.50. The second-order valence-electron chi connectivity index (χ2n) is 8.05. The average Bonchev–Trinajstić information content (AvgIpc) is 3.35. The fourth-order valence-electron chi connectivity index (χ4n) is 4.58. The van der Waals surface area contributed by atoms with Gasteiger partial charge in [-0.3, -0.25) is 14.8 Å². The summed E-state index contributed by atoms with van der Waals surface area (Å²) in [5.41, 5.74) is 7.56. The zero-order valence-electron chi connectivity index (χ0n) is 17.3. The maximum absolute atomic E-state index is 15.0. The number of halogens is 1. The fraction of sp³-hybridized carbons (Fsp3) is 0.304. The summed E-state index contributed by atoms with van der Waals surface area (Å²) in [5, 5.41) is 6.09. The number of thioether (sulfide) groups is 1. The molecule has 1 amide bonds. The molecule has 3 heterocycles. The van der Waals surface area contributed by atoms with Crippen LogP contribution in [0.15, 0.2) is 53.1 Å². The molecule has 32 heavy (non-hydrogen) atoms.